The third-order valence-corrected chi connectivity index (χ3v) is 3.48. The Bertz CT molecular complexity index is 704. The van der Waals surface area contributed by atoms with E-state index in [-0.39, 0.29) is 0 Å². The van der Waals surface area contributed by atoms with Gasteiger partial charge in [-0.25, -0.2) is 4.98 Å². The lowest BCUT2D eigenvalue weighted by atomic mass is 10.2. The van der Waals surface area contributed by atoms with Crippen molar-refractivity contribution in [3.05, 3.63) is 48.5 Å². The molecule has 3 rings (SSSR count). The van der Waals surface area contributed by atoms with Crippen LogP contribution in [0.25, 0.3) is 11.5 Å². The number of nitrogens with zero attached hydrogens (tertiary/aromatic N) is 4. The third kappa shape index (κ3) is 3.52. The maximum absolute atomic E-state index is 5.25. The van der Waals surface area contributed by atoms with Crippen molar-refractivity contribution in [2.75, 3.05) is 11.9 Å². The molecule has 114 valence electrons. The fourth-order valence-corrected chi connectivity index (χ4v) is 2.24. The van der Waals surface area contributed by atoms with Gasteiger partial charge < -0.3 is 14.4 Å². The fourth-order valence-electron chi connectivity index (χ4n) is 2.24. The summed E-state index contributed by atoms with van der Waals surface area (Å²) in [7, 11) is 0. The van der Waals surface area contributed by atoms with Crippen molar-refractivity contribution >= 4 is 5.95 Å². The third-order valence-electron chi connectivity index (χ3n) is 3.48. The molecule has 6 nitrogen and oxygen atoms in total. The van der Waals surface area contributed by atoms with E-state index in [9.17, 15) is 0 Å². The predicted molar refractivity (Wildman–Crippen MR) is 84.4 cm³/mol. The Kier molecular flexibility index (Phi) is 4.48. The number of hydrogen-bond donors (Lipinski definition) is 1. The van der Waals surface area contributed by atoms with Gasteiger partial charge in [-0.1, -0.05) is 18.2 Å². The molecule has 0 saturated heterocycles. The van der Waals surface area contributed by atoms with E-state index in [0.717, 1.165) is 37.3 Å². The predicted octanol–water partition coefficient (Wildman–Crippen LogP) is 3.13. The lowest BCUT2D eigenvalue weighted by Gasteiger charge is -2.04. The Morgan fingerprint density at radius 3 is 2.82 bits per heavy atom. The Morgan fingerprint density at radius 2 is 2.05 bits per heavy atom. The van der Waals surface area contributed by atoms with E-state index in [1.807, 2.05) is 49.6 Å². The minimum atomic E-state index is 0.539. The second-order valence-corrected chi connectivity index (χ2v) is 5.09. The van der Waals surface area contributed by atoms with E-state index >= 15 is 0 Å². The normalized spacial score (nSPS) is 10.8. The molecule has 0 fully saturated rings. The van der Waals surface area contributed by atoms with Crippen molar-refractivity contribution in [2.45, 2.75) is 26.3 Å². The van der Waals surface area contributed by atoms with Gasteiger partial charge in [-0.3, -0.25) is 0 Å². The number of anilines is 1. The molecule has 0 aliphatic heterocycles. The van der Waals surface area contributed by atoms with Gasteiger partial charge in [-0.05, 0) is 37.1 Å². The van der Waals surface area contributed by atoms with E-state index in [1.165, 1.54) is 0 Å². The van der Waals surface area contributed by atoms with Gasteiger partial charge >= 0.3 is 0 Å². The highest BCUT2D eigenvalue weighted by Gasteiger charge is 2.07. The number of aryl methyl sites for hydroxylation is 2. The molecule has 2 aromatic heterocycles. The van der Waals surface area contributed by atoms with Crippen LogP contribution in [0.3, 0.4) is 0 Å². The number of hydrogen-bond acceptors (Lipinski definition) is 5. The maximum atomic E-state index is 5.25. The molecule has 22 heavy (non-hydrogen) atoms. The highest BCUT2D eigenvalue weighted by atomic mass is 16.5. The lowest BCUT2D eigenvalue weighted by Crippen LogP contribution is -2.05. The number of benzene rings is 1. The van der Waals surface area contributed by atoms with Crippen LogP contribution < -0.4 is 5.32 Å². The summed E-state index contributed by atoms with van der Waals surface area (Å²) in [5.41, 5.74) is 0.929. The summed E-state index contributed by atoms with van der Waals surface area (Å²) in [6.07, 6.45) is 5.95. The molecule has 6 heteroatoms. The second kappa shape index (κ2) is 6.89. The maximum Gasteiger partial charge on any atom is 0.263 e. The zero-order valence-corrected chi connectivity index (χ0v) is 12.6. The molecule has 0 atom stereocenters. The molecule has 3 aromatic rings. The standard InChI is InChI=1S/C16H19N5O/c1-13-17-10-12-21(13)11-6-5-9-18-16-19-15(22-20-16)14-7-3-2-4-8-14/h2-4,7-8,10,12H,5-6,9,11H2,1H3,(H,18,20). The van der Waals surface area contributed by atoms with Crippen LogP contribution in [-0.4, -0.2) is 26.2 Å². The number of rotatable bonds is 7. The van der Waals surface area contributed by atoms with Gasteiger partial charge in [0.15, 0.2) is 0 Å². The molecule has 1 aromatic carbocycles. The van der Waals surface area contributed by atoms with E-state index in [2.05, 4.69) is 25.0 Å². The van der Waals surface area contributed by atoms with Crippen molar-refractivity contribution in [2.24, 2.45) is 0 Å². The van der Waals surface area contributed by atoms with Crippen LogP contribution in [-0.2, 0) is 6.54 Å². The van der Waals surface area contributed by atoms with Crippen LogP contribution in [0.5, 0.6) is 0 Å². The SMILES string of the molecule is Cc1nccn1CCCCNc1noc(-c2ccccc2)n1. The molecule has 0 saturated carbocycles. The number of unbranched alkanes of at least 4 members (excludes halogenated alkanes) is 1. The van der Waals surface area contributed by atoms with Crippen molar-refractivity contribution in [3.8, 4) is 11.5 Å². The summed E-state index contributed by atoms with van der Waals surface area (Å²) in [4.78, 5) is 8.55. The van der Waals surface area contributed by atoms with Crippen LogP contribution in [0.1, 0.15) is 18.7 Å². The van der Waals surface area contributed by atoms with Crippen molar-refractivity contribution in [1.29, 1.82) is 0 Å². The monoisotopic (exact) mass is 297 g/mol. The molecule has 0 aliphatic carbocycles. The molecule has 2 heterocycles. The summed E-state index contributed by atoms with van der Waals surface area (Å²) in [5, 5.41) is 7.13. The average Bonchev–Trinajstić information content (AvgIpc) is 3.17. The van der Waals surface area contributed by atoms with Gasteiger partial charge in [0, 0.05) is 31.0 Å². The van der Waals surface area contributed by atoms with Crippen LogP contribution in [0.2, 0.25) is 0 Å². The first-order valence-corrected chi connectivity index (χ1v) is 7.43. The van der Waals surface area contributed by atoms with Crippen LogP contribution in [0.4, 0.5) is 5.95 Å². The molecular formula is C16H19N5O. The van der Waals surface area contributed by atoms with Crippen LogP contribution >= 0.6 is 0 Å². The quantitative estimate of drug-likeness (QED) is 0.678. The molecule has 0 aliphatic rings. The van der Waals surface area contributed by atoms with Crippen LogP contribution in [0.15, 0.2) is 47.2 Å². The molecule has 0 radical (unpaired) electrons. The average molecular weight is 297 g/mol. The first kappa shape index (κ1) is 14.3. The smallest absolute Gasteiger partial charge is 0.263 e. The summed E-state index contributed by atoms with van der Waals surface area (Å²) in [5.74, 6) is 2.13. The molecule has 0 unspecified atom stereocenters. The molecule has 0 spiro atoms. The van der Waals surface area contributed by atoms with Gasteiger partial charge in [0.1, 0.15) is 5.82 Å². The van der Waals surface area contributed by atoms with E-state index in [1.54, 1.807) is 0 Å². The zero-order valence-electron chi connectivity index (χ0n) is 12.6. The van der Waals surface area contributed by atoms with Crippen LogP contribution in [0, 0.1) is 6.92 Å². The van der Waals surface area contributed by atoms with Crippen molar-refractivity contribution in [3.63, 3.8) is 0 Å². The molecular weight excluding hydrogens is 278 g/mol. The zero-order chi connectivity index (χ0) is 15.2. The second-order valence-electron chi connectivity index (χ2n) is 5.09. The van der Waals surface area contributed by atoms with E-state index in [4.69, 9.17) is 4.52 Å². The van der Waals surface area contributed by atoms with Gasteiger partial charge in [0.25, 0.3) is 11.8 Å². The summed E-state index contributed by atoms with van der Waals surface area (Å²) in [6, 6.07) is 9.76. The number of nitrogens with one attached hydrogen (secondary N) is 1. The summed E-state index contributed by atoms with van der Waals surface area (Å²) >= 11 is 0. The van der Waals surface area contributed by atoms with Crippen molar-refractivity contribution < 1.29 is 4.52 Å². The largest absolute Gasteiger partial charge is 0.352 e. The van der Waals surface area contributed by atoms with E-state index in [0.29, 0.717) is 11.8 Å². The molecule has 0 amide bonds. The minimum absolute atomic E-state index is 0.539. The highest BCUT2D eigenvalue weighted by molar-refractivity contribution is 5.53. The Hall–Kier alpha value is -2.63. The first-order chi connectivity index (χ1) is 10.8. The highest BCUT2D eigenvalue weighted by Crippen LogP contribution is 2.17. The lowest BCUT2D eigenvalue weighted by molar-refractivity contribution is 0.432. The molecule has 1 N–H and O–H groups in total. The topological polar surface area (TPSA) is 68.8 Å². The Morgan fingerprint density at radius 1 is 1.18 bits per heavy atom. The summed E-state index contributed by atoms with van der Waals surface area (Å²) < 4.78 is 7.40. The van der Waals surface area contributed by atoms with E-state index < -0.39 is 0 Å². The Labute approximate surface area is 129 Å². The molecule has 0 bridgehead atoms. The minimum Gasteiger partial charge on any atom is -0.352 e. The number of imidazole rings is 1. The number of aromatic nitrogens is 4. The van der Waals surface area contributed by atoms with Gasteiger partial charge in [0.05, 0.1) is 0 Å². The van der Waals surface area contributed by atoms with Gasteiger partial charge in [-0.2, -0.15) is 4.98 Å². The van der Waals surface area contributed by atoms with Gasteiger partial charge in [0.2, 0.25) is 0 Å². The first-order valence-electron chi connectivity index (χ1n) is 7.43. The van der Waals surface area contributed by atoms with Crippen molar-refractivity contribution in [1.82, 2.24) is 19.7 Å². The fraction of sp³-hybridized carbons (Fsp3) is 0.312. The Balaban J connectivity index is 1.43. The van der Waals surface area contributed by atoms with Gasteiger partial charge in [-0.15, -0.1) is 0 Å². The summed E-state index contributed by atoms with van der Waals surface area (Å²) in [6.45, 7) is 3.82.